The summed E-state index contributed by atoms with van der Waals surface area (Å²) in [4.78, 5) is 29.5. The minimum Gasteiger partial charge on any atom is -0.468 e. The maximum Gasteiger partial charge on any atom is 0.508 e. The zero-order chi connectivity index (χ0) is 25.2. The van der Waals surface area contributed by atoms with Crippen LogP contribution >= 0.6 is 0 Å². The number of nitriles is 1. The summed E-state index contributed by atoms with van der Waals surface area (Å²) in [6, 6.07) is 4.01. The van der Waals surface area contributed by atoms with E-state index in [2.05, 4.69) is 10.1 Å². The fourth-order valence-corrected chi connectivity index (χ4v) is 3.89. The van der Waals surface area contributed by atoms with Gasteiger partial charge in [0, 0.05) is 0 Å². The first-order chi connectivity index (χ1) is 16.1. The van der Waals surface area contributed by atoms with E-state index in [1.54, 1.807) is 14.1 Å². The van der Waals surface area contributed by atoms with Crippen molar-refractivity contribution in [2.24, 2.45) is 0 Å². The normalized spacial score (nSPS) is 26.1. The first kappa shape index (κ1) is 25.1. The molecular formula is C20H26N6O8. The number of aliphatic hydroxyl groups excluding tert-OH is 2. The number of carbonyl (C=O) groups excluding carboxylic acids is 2. The number of esters is 1. The van der Waals surface area contributed by atoms with Crippen LogP contribution in [0.15, 0.2) is 18.5 Å². The molecule has 184 valence electrons. The summed E-state index contributed by atoms with van der Waals surface area (Å²) in [5, 5.41) is 35.1. The zero-order valence-corrected chi connectivity index (χ0v) is 19.0. The smallest absolute Gasteiger partial charge is 0.468 e. The van der Waals surface area contributed by atoms with Gasteiger partial charge in [-0.25, -0.2) is 14.3 Å². The second-order valence-electron chi connectivity index (χ2n) is 7.92. The number of rotatable bonds is 7. The summed E-state index contributed by atoms with van der Waals surface area (Å²) >= 11 is 0. The van der Waals surface area contributed by atoms with E-state index in [-0.39, 0.29) is 11.5 Å². The number of carbonyl (C=O) groups is 2. The minimum absolute atomic E-state index is 0.108. The first-order valence-electron chi connectivity index (χ1n) is 10.2. The van der Waals surface area contributed by atoms with E-state index in [0.717, 1.165) is 0 Å². The predicted molar refractivity (Wildman–Crippen MR) is 113 cm³/mol. The molecule has 2 unspecified atom stereocenters. The van der Waals surface area contributed by atoms with Gasteiger partial charge < -0.3 is 34.9 Å². The van der Waals surface area contributed by atoms with E-state index >= 15 is 0 Å². The molecule has 0 bridgehead atoms. The van der Waals surface area contributed by atoms with Gasteiger partial charge in [-0.15, -0.1) is 0 Å². The molecule has 0 aromatic carbocycles. The summed E-state index contributed by atoms with van der Waals surface area (Å²) < 4.78 is 21.9. The molecule has 0 aliphatic carbocycles. The van der Waals surface area contributed by atoms with Crippen LogP contribution < -0.4 is 5.73 Å². The van der Waals surface area contributed by atoms with Gasteiger partial charge in [0.2, 0.25) is 5.60 Å². The number of nitrogens with two attached hydrogens (primary N) is 1. The molecule has 14 nitrogen and oxygen atoms in total. The molecule has 0 saturated carbocycles. The Morgan fingerprint density at radius 2 is 2.12 bits per heavy atom. The van der Waals surface area contributed by atoms with Crippen LogP contribution in [0.1, 0.15) is 12.6 Å². The highest BCUT2D eigenvalue weighted by Crippen LogP contribution is 2.40. The Bertz CT molecular complexity index is 1100. The summed E-state index contributed by atoms with van der Waals surface area (Å²) in [6.07, 6.45) is -5.46. The molecule has 14 heteroatoms. The lowest BCUT2D eigenvalue weighted by Gasteiger charge is -2.27. The number of anilines is 1. The molecule has 34 heavy (non-hydrogen) atoms. The predicted octanol–water partition coefficient (Wildman–Crippen LogP) is -1.20. The van der Waals surface area contributed by atoms with Crippen LogP contribution in [0.25, 0.3) is 5.52 Å². The SMILES string of the molecule is COC(=O)C(C(C)OC(=O)OC[C@H]1O[C@@](C#N)(c2ccc3c(N)ncnn23)[C@H](O)[C@@H]1O)N(C)C. The Labute approximate surface area is 194 Å². The largest absolute Gasteiger partial charge is 0.508 e. The third kappa shape index (κ3) is 4.33. The number of hydrogen-bond donors (Lipinski definition) is 3. The molecule has 1 fully saturated rings. The van der Waals surface area contributed by atoms with E-state index in [1.807, 2.05) is 6.07 Å². The molecule has 0 spiro atoms. The van der Waals surface area contributed by atoms with Crippen LogP contribution in [0.4, 0.5) is 10.6 Å². The van der Waals surface area contributed by atoms with Crippen LogP contribution in [0.5, 0.6) is 0 Å². The number of methoxy groups -OCH3 is 1. The molecule has 1 aliphatic heterocycles. The molecular weight excluding hydrogens is 452 g/mol. The second-order valence-corrected chi connectivity index (χ2v) is 7.92. The summed E-state index contributed by atoms with van der Waals surface area (Å²) in [5.41, 5.74) is 4.27. The summed E-state index contributed by atoms with van der Waals surface area (Å²) in [7, 11) is 4.44. The van der Waals surface area contributed by atoms with Crippen LogP contribution in [0.3, 0.4) is 0 Å². The third-order valence-electron chi connectivity index (χ3n) is 5.58. The van der Waals surface area contributed by atoms with E-state index in [9.17, 15) is 25.1 Å². The van der Waals surface area contributed by atoms with Gasteiger partial charge in [-0.2, -0.15) is 10.4 Å². The average molecular weight is 478 g/mol. The van der Waals surface area contributed by atoms with Crippen LogP contribution in [-0.4, -0.2) is 100 Å². The number of nitrogen functional groups attached to an aromatic ring is 1. The van der Waals surface area contributed by atoms with Gasteiger partial charge in [-0.1, -0.05) is 0 Å². The molecule has 6 atom stereocenters. The standard InChI is InChI=1S/C20H26N6O8/c1-10(14(25(2)3)18(29)31-4)33-19(30)32-7-12-15(27)16(28)20(8-21,34-12)13-6-5-11-17(22)23-9-24-26(11)13/h5-6,9-10,12,14-16,27-28H,7H2,1-4H3,(H2,22,23,24)/t10?,12-,14?,15-,16-,20+/m1/s1. The van der Waals surface area contributed by atoms with Gasteiger partial charge in [0.1, 0.15) is 55.0 Å². The van der Waals surface area contributed by atoms with Gasteiger partial charge in [0.15, 0.2) is 5.82 Å². The highest BCUT2D eigenvalue weighted by atomic mass is 16.7. The van der Waals surface area contributed by atoms with E-state index in [4.69, 9.17) is 24.7 Å². The van der Waals surface area contributed by atoms with Gasteiger partial charge in [-0.05, 0) is 33.2 Å². The fraction of sp³-hybridized carbons (Fsp3) is 0.550. The van der Waals surface area contributed by atoms with Crippen molar-refractivity contribution in [1.29, 1.82) is 5.26 Å². The zero-order valence-electron chi connectivity index (χ0n) is 19.0. The molecule has 1 saturated heterocycles. The maximum absolute atomic E-state index is 12.2. The topological polar surface area (TPSA) is 195 Å². The lowest BCUT2D eigenvalue weighted by atomic mass is 9.92. The lowest BCUT2D eigenvalue weighted by molar-refractivity contribution is -0.150. The van der Waals surface area contributed by atoms with Crippen molar-refractivity contribution in [1.82, 2.24) is 19.5 Å². The van der Waals surface area contributed by atoms with Crippen molar-refractivity contribution in [3.05, 3.63) is 24.2 Å². The van der Waals surface area contributed by atoms with Gasteiger partial charge in [0.25, 0.3) is 0 Å². The Hall–Kier alpha value is -3.51. The Morgan fingerprint density at radius 3 is 2.74 bits per heavy atom. The number of aliphatic hydroxyl groups is 2. The average Bonchev–Trinajstić information content (AvgIpc) is 3.33. The Balaban J connectivity index is 1.72. The van der Waals surface area contributed by atoms with Crippen molar-refractivity contribution in [3.63, 3.8) is 0 Å². The van der Waals surface area contributed by atoms with Crippen LogP contribution in [0.2, 0.25) is 0 Å². The molecule has 0 amide bonds. The molecule has 1 aliphatic rings. The highest BCUT2D eigenvalue weighted by molar-refractivity contribution is 5.76. The van der Waals surface area contributed by atoms with E-state index in [1.165, 1.54) is 41.9 Å². The summed E-state index contributed by atoms with van der Waals surface area (Å²) in [6.45, 7) is 0.942. The highest BCUT2D eigenvalue weighted by Gasteiger charge is 2.58. The van der Waals surface area contributed by atoms with E-state index < -0.39 is 54.8 Å². The molecule has 3 rings (SSSR count). The van der Waals surface area contributed by atoms with Crippen molar-refractivity contribution < 1.29 is 38.7 Å². The summed E-state index contributed by atoms with van der Waals surface area (Å²) in [5.74, 6) is -0.465. The maximum atomic E-state index is 12.2. The number of likely N-dealkylation sites (N-methyl/N-ethyl adjacent to an activating group) is 1. The molecule has 3 heterocycles. The number of aromatic nitrogens is 3. The monoisotopic (exact) mass is 478 g/mol. The first-order valence-corrected chi connectivity index (χ1v) is 10.2. The lowest BCUT2D eigenvalue weighted by Crippen LogP contribution is -2.46. The van der Waals surface area contributed by atoms with Crippen molar-refractivity contribution in [2.75, 3.05) is 33.5 Å². The van der Waals surface area contributed by atoms with Gasteiger partial charge in [-0.3, -0.25) is 9.69 Å². The van der Waals surface area contributed by atoms with Gasteiger partial charge >= 0.3 is 12.1 Å². The molecule has 0 radical (unpaired) electrons. The molecule has 2 aromatic rings. The van der Waals surface area contributed by atoms with Crippen molar-refractivity contribution >= 4 is 23.5 Å². The van der Waals surface area contributed by atoms with Gasteiger partial charge in [0.05, 0.1) is 12.8 Å². The van der Waals surface area contributed by atoms with Crippen LogP contribution in [0, 0.1) is 11.3 Å². The quantitative estimate of drug-likeness (QED) is 0.402. The number of nitrogens with zero attached hydrogens (tertiary/aromatic N) is 5. The molecule has 2 aromatic heterocycles. The Kier molecular flexibility index (Phi) is 7.22. The Morgan fingerprint density at radius 1 is 1.41 bits per heavy atom. The number of fused-ring (bicyclic) bond motifs is 1. The fourth-order valence-electron chi connectivity index (χ4n) is 3.89. The number of hydrogen-bond acceptors (Lipinski definition) is 13. The minimum atomic E-state index is -2.03. The van der Waals surface area contributed by atoms with Crippen molar-refractivity contribution in [3.8, 4) is 6.07 Å². The van der Waals surface area contributed by atoms with Crippen LogP contribution in [-0.2, 0) is 29.3 Å². The third-order valence-corrected chi connectivity index (χ3v) is 5.58. The van der Waals surface area contributed by atoms with Crippen molar-refractivity contribution in [2.45, 2.75) is 43.0 Å². The second kappa shape index (κ2) is 9.77. The number of ether oxygens (including phenoxy) is 4. The van der Waals surface area contributed by atoms with E-state index in [0.29, 0.717) is 5.52 Å². The molecule has 4 N–H and O–H groups in total.